The minimum Gasteiger partial charge on any atom is -0.459 e. The highest BCUT2D eigenvalue weighted by atomic mass is 127. The molecule has 1 amide bonds. The van der Waals surface area contributed by atoms with E-state index in [0.29, 0.717) is 31.4 Å². The molecule has 1 aliphatic heterocycles. The van der Waals surface area contributed by atoms with Crippen LogP contribution in [-0.2, 0) is 11.3 Å². The Bertz CT molecular complexity index is 695. The van der Waals surface area contributed by atoms with Gasteiger partial charge in [-0.3, -0.25) is 4.79 Å². The molecule has 7 nitrogen and oxygen atoms in total. The van der Waals surface area contributed by atoms with Crippen molar-refractivity contribution >= 4 is 41.5 Å². The number of nitrogens with one attached hydrogen (secondary N) is 1. The van der Waals surface area contributed by atoms with Crippen molar-refractivity contribution in [2.75, 3.05) is 31.6 Å². The number of nitrogens with two attached hydrogens (primary N) is 1. The number of carbonyl (C=O) groups is 1. The van der Waals surface area contributed by atoms with Crippen LogP contribution in [0.5, 0.6) is 0 Å². The zero-order valence-electron chi connectivity index (χ0n) is 13.7. The standard InChI is InChI=1S/C17H20N4O3.HI/c18-17(21-7-10-23-11-8-21)19-12-13-3-5-14(6-4-13)20-16(22)15-2-1-9-24-15;/h1-6,9H,7-8,10-12H2,(H2,18,19)(H,20,22);1H. The lowest BCUT2D eigenvalue weighted by atomic mass is 10.2. The number of guanidine groups is 1. The third-order valence-corrected chi connectivity index (χ3v) is 3.72. The van der Waals surface area contributed by atoms with E-state index in [9.17, 15) is 4.79 Å². The summed E-state index contributed by atoms with van der Waals surface area (Å²) in [6.07, 6.45) is 1.47. The topological polar surface area (TPSA) is 93.1 Å². The van der Waals surface area contributed by atoms with E-state index in [1.54, 1.807) is 12.1 Å². The minimum atomic E-state index is -0.276. The second-order valence-corrected chi connectivity index (χ2v) is 5.40. The number of anilines is 1. The number of carbonyl (C=O) groups excluding carboxylic acids is 1. The number of ether oxygens (including phenoxy) is 1. The van der Waals surface area contributed by atoms with E-state index in [1.165, 1.54) is 6.26 Å². The normalized spacial score (nSPS) is 14.7. The van der Waals surface area contributed by atoms with Gasteiger partial charge in [-0.2, -0.15) is 0 Å². The van der Waals surface area contributed by atoms with Crippen molar-refractivity contribution in [3.63, 3.8) is 0 Å². The molecule has 2 aromatic rings. The lowest BCUT2D eigenvalue weighted by Crippen LogP contribution is -2.44. The Hall–Kier alpha value is -2.07. The molecule has 0 radical (unpaired) electrons. The van der Waals surface area contributed by atoms with E-state index in [-0.39, 0.29) is 35.6 Å². The summed E-state index contributed by atoms with van der Waals surface area (Å²) in [4.78, 5) is 18.3. The Morgan fingerprint density at radius 2 is 1.92 bits per heavy atom. The van der Waals surface area contributed by atoms with Gasteiger partial charge >= 0.3 is 0 Å². The molecule has 0 saturated carbocycles. The number of aliphatic imine (C=N–C) groups is 1. The highest BCUT2D eigenvalue weighted by Gasteiger charge is 2.12. The molecule has 0 aliphatic carbocycles. The molecule has 25 heavy (non-hydrogen) atoms. The number of furan rings is 1. The summed E-state index contributed by atoms with van der Waals surface area (Å²) in [7, 11) is 0. The first-order valence-electron chi connectivity index (χ1n) is 7.79. The summed E-state index contributed by atoms with van der Waals surface area (Å²) in [6.45, 7) is 3.40. The van der Waals surface area contributed by atoms with Gasteiger partial charge in [-0.1, -0.05) is 12.1 Å². The smallest absolute Gasteiger partial charge is 0.291 e. The number of nitrogens with zero attached hydrogens (tertiary/aromatic N) is 2. The quantitative estimate of drug-likeness (QED) is 0.419. The summed E-state index contributed by atoms with van der Waals surface area (Å²) in [6, 6.07) is 10.8. The van der Waals surface area contributed by atoms with Crippen molar-refractivity contribution in [3.05, 3.63) is 54.0 Å². The summed E-state index contributed by atoms with van der Waals surface area (Å²) in [5.41, 5.74) is 7.71. The molecule has 1 saturated heterocycles. The molecule has 0 atom stereocenters. The van der Waals surface area contributed by atoms with Crippen LogP contribution in [0.1, 0.15) is 16.1 Å². The first-order valence-corrected chi connectivity index (χ1v) is 7.79. The SMILES string of the molecule is I.NC(=NCc1ccc(NC(=O)c2ccco2)cc1)N1CCOCC1. The van der Waals surface area contributed by atoms with Crippen LogP contribution in [0, 0.1) is 0 Å². The first kappa shape index (κ1) is 19.3. The predicted molar refractivity (Wildman–Crippen MR) is 106 cm³/mol. The molecular formula is C17H21IN4O3. The lowest BCUT2D eigenvalue weighted by molar-refractivity contribution is 0.0674. The Morgan fingerprint density at radius 1 is 1.20 bits per heavy atom. The van der Waals surface area contributed by atoms with Crippen LogP contribution in [0.15, 0.2) is 52.1 Å². The van der Waals surface area contributed by atoms with Crippen LogP contribution in [0.4, 0.5) is 5.69 Å². The van der Waals surface area contributed by atoms with Crippen LogP contribution in [0.3, 0.4) is 0 Å². The molecular weight excluding hydrogens is 435 g/mol. The zero-order valence-corrected chi connectivity index (χ0v) is 16.0. The van der Waals surface area contributed by atoms with E-state index >= 15 is 0 Å². The molecule has 3 rings (SSSR count). The fraction of sp³-hybridized carbons (Fsp3) is 0.294. The van der Waals surface area contributed by atoms with E-state index in [4.69, 9.17) is 14.9 Å². The van der Waals surface area contributed by atoms with Crippen LogP contribution in [0.2, 0.25) is 0 Å². The number of hydrogen-bond acceptors (Lipinski definition) is 4. The molecule has 0 spiro atoms. The van der Waals surface area contributed by atoms with Gasteiger partial charge in [0.05, 0.1) is 26.0 Å². The summed E-state index contributed by atoms with van der Waals surface area (Å²) < 4.78 is 10.3. The molecule has 1 aromatic carbocycles. The zero-order chi connectivity index (χ0) is 16.8. The van der Waals surface area contributed by atoms with Gasteiger partial charge in [-0.05, 0) is 29.8 Å². The largest absolute Gasteiger partial charge is 0.459 e. The highest BCUT2D eigenvalue weighted by molar-refractivity contribution is 14.0. The van der Waals surface area contributed by atoms with E-state index in [2.05, 4.69) is 10.3 Å². The van der Waals surface area contributed by atoms with Crippen molar-refractivity contribution in [3.8, 4) is 0 Å². The Balaban J connectivity index is 0.00000225. The van der Waals surface area contributed by atoms with Gasteiger partial charge in [0.25, 0.3) is 5.91 Å². The fourth-order valence-electron chi connectivity index (χ4n) is 2.36. The van der Waals surface area contributed by atoms with Gasteiger partial charge in [-0.25, -0.2) is 4.99 Å². The maximum atomic E-state index is 11.9. The molecule has 1 fully saturated rings. The first-order chi connectivity index (χ1) is 11.7. The van der Waals surface area contributed by atoms with Crippen molar-refractivity contribution in [1.82, 2.24) is 4.90 Å². The monoisotopic (exact) mass is 456 g/mol. The third-order valence-electron chi connectivity index (χ3n) is 3.72. The van der Waals surface area contributed by atoms with Crippen LogP contribution < -0.4 is 11.1 Å². The summed E-state index contributed by atoms with van der Waals surface area (Å²) in [5.74, 6) is 0.540. The maximum absolute atomic E-state index is 11.9. The van der Waals surface area contributed by atoms with Crippen LogP contribution in [-0.4, -0.2) is 43.1 Å². The summed E-state index contributed by atoms with van der Waals surface area (Å²) >= 11 is 0. The molecule has 1 aromatic heterocycles. The second kappa shape index (κ2) is 9.42. The van der Waals surface area contributed by atoms with Gasteiger partial charge in [0.15, 0.2) is 11.7 Å². The molecule has 8 heteroatoms. The van der Waals surface area contributed by atoms with E-state index in [0.717, 1.165) is 18.7 Å². The molecule has 0 bridgehead atoms. The number of benzene rings is 1. The Labute approximate surface area is 163 Å². The molecule has 1 aliphatic rings. The summed E-state index contributed by atoms with van der Waals surface area (Å²) in [5, 5.41) is 2.77. The molecule has 0 unspecified atom stereocenters. The third kappa shape index (κ3) is 5.46. The number of amides is 1. The van der Waals surface area contributed by atoms with Crippen molar-refractivity contribution in [2.24, 2.45) is 10.7 Å². The minimum absolute atomic E-state index is 0. The fourth-order valence-corrected chi connectivity index (χ4v) is 2.36. The number of rotatable bonds is 4. The highest BCUT2D eigenvalue weighted by Crippen LogP contribution is 2.12. The number of halogens is 1. The number of hydrogen-bond donors (Lipinski definition) is 2. The van der Waals surface area contributed by atoms with Gasteiger partial charge in [0.1, 0.15) is 0 Å². The van der Waals surface area contributed by atoms with Crippen molar-refractivity contribution < 1.29 is 13.9 Å². The molecule has 134 valence electrons. The predicted octanol–water partition coefficient (Wildman–Crippen LogP) is 2.30. The van der Waals surface area contributed by atoms with Crippen molar-refractivity contribution in [1.29, 1.82) is 0 Å². The second-order valence-electron chi connectivity index (χ2n) is 5.40. The van der Waals surface area contributed by atoms with E-state index < -0.39 is 0 Å². The van der Waals surface area contributed by atoms with Crippen molar-refractivity contribution in [2.45, 2.75) is 6.54 Å². The van der Waals surface area contributed by atoms with Gasteiger partial charge in [0, 0.05) is 18.8 Å². The van der Waals surface area contributed by atoms with Gasteiger partial charge < -0.3 is 25.1 Å². The van der Waals surface area contributed by atoms with Crippen LogP contribution >= 0.6 is 24.0 Å². The maximum Gasteiger partial charge on any atom is 0.291 e. The lowest BCUT2D eigenvalue weighted by Gasteiger charge is -2.27. The Morgan fingerprint density at radius 3 is 2.56 bits per heavy atom. The van der Waals surface area contributed by atoms with Gasteiger partial charge in [-0.15, -0.1) is 24.0 Å². The average Bonchev–Trinajstić information content (AvgIpc) is 3.16. The van der Waals surface area contributed by atoms with Gasteiger partial charge in [0.2, 0.25) is 0 Å². The van der Waals surface area contributed by atoms with Crippen LogP contribution in [0.25, 0.3) is 0 Å². The average molecular weight is 456 g/mol. The molecule has 2 heterocycles. The Kier molecular flexibility index (Phi) is 7.26. The van der Waals surface area contributed by atoms with E-state index in [1.807, 2.05) is 29.2 Å². The molecule has 3 N–H and O–H groups in total. The number of morpholine rings is 1.